The first-order chi connectivity index (χ1) is 8.70. The molecule has 100 valence electrons. The highest BCUT2D eigenvalue weighted by Gasteiger charge is 2.25. The van der Waals surface area contributed by atoms with Gasteiger partial charge >= 0.3 is 0 Å². The van der Waals surface area contributed by atoms with Crippen molar-refractivity contribution >= 4 is 0 Å². The minimum atomic E-state index is 0.387. The first-order valence-electron chi connectivity index (χ1n) is 6.66. The summed E-state index contributed by atoms with van der Waals surface area (Å²) in [5.74, 6) is 0. The highest BCUT2D eigenvalue weighted by Crippen LogP contribution is 2.21. The lowest BCUT2D eigenvalue weighted by Gasteiger charge is -2.39. The standard InChI is InChI=1S/C14H24N4/c1-15-14(12-5-4-6-16-10-12)9-13-11-17(2)7-8-18(13)3/h4-6,10,13-15H,7-9,11H2,1-3H3. The molecule has 1 fully saturated rings. The lowest BCUT2D eigenvalue weighted by atomic mass is 9.98. The fourth-order valence-electron chi connectivity index (χ4n) is 2.63. The average molecular weight is 248 g/mol. The van der Waals surface area contributed by atoms with Gasteiger partial charge in [0.2, 0.25) is 0 Å². The number of likely N-dealkylation sites (N-methyl/N-ethyl adjacent to an activating group) is 2. The Labute approximate surface area is 110 Å². The van der Waals surface area contributed by atoms with Crippen LogP contribution in [0.3, 0.4) is 0 Å². The Hall–Kier alpha value is -0.970. The van der Waals surface area contributed by atoms with Crippen LogP contribution in [0.4, 0.5) is 0 Å². The Morgan fingerprint density at radius 1 is 1.44 bits per heavy atom. The van der Waals surface area contributed by atoms with Crippen LogP contribution in [0.25, 0.3) is 0 Å². The fourth-order valence-corrected chi connectivity index (χ4v) is 2.63. The Kier molecular flexibility index (Phi) is 4.69. The molecular weight excluding hydrogens is 224 g/mol. The maximum absolute atomic E-state index is 4.22. The molecule has 0 amide bonds. The molecule has 1 aliphatic heterocycles. The Bertz CT molecular complexity index is 354. The first-order valence-corrected chi connectivity index (χ1v) is 6.66. The average Bonchev–Trinajstić information content (AvgIpc) is 2.41. The van der Waals surface area contributed by atoms with E-state index in [1.165, 1.54) is 12.1 Å². The first kappa shape index (κ1) is 13.5. The third-order valence-corrected chi connectivity index (χ3v) is 3.92. The molecule has 2 heterocycles. The number of hydrogen-bond acceptors (Lipinski definition) is 4. The minimum Gasteiger partial charge on any atom is -0.313 e. The zero-order chi connectivity index (χ0) is 13.0. The van der Waals surface area contributed by atoms with Gasteiger partial charge in [-0.3, -0.25) is 4.98 Å². The molecule has 0 aliphatic carbocycles. The summed E-state index contributed by atoms with van der Waals surface area (Å²) in [5.41, 5.74) is 1.28. The predicted octanol–water partition coefficient (Wildman–Crippen LogP) is 0.978. The molecule has 0 radical (unpaired) electrons. The van der Waals surface area contributed by atoms with Gasteiger partial charge < -0.3 is 15.1 Å². The van der Waals surface area contributed by atoms with Crippen LogP contribution in [0.1, 0.15) is 18.0 Å². The predicted molar refractivity (Wildman–Crippen MR) is 74.6 cm³/mol. The van der Waals surface area contributed by atoms with Crippen molar-refractivity contribution in [3.8, 4) is 0 Å². The molecule has 2 rings (SSSR count). The van der Waals surface area contributed by atoms with Crippen LogP contribution in [0.2, 0.25) is 0 Å². The Morgan fingerprint density at radius 2 is 2.28 bits per heavy atom. The van der Waals surface area contributed by atoms with Crippen LogP contribution in [0, 0.1) is 0 Å². The maximum Gasteiger partial charge on any atom is 0.0348 e. The second-order valence-corrected chi connectivity index (χ2v) is 5.26. The van der Waals surface area contributed by atoms with E-state index in [4.69, 9.17) is 0 Å². The highest BCUT2D eigenvalue weighted by atomic mass is 15.3. The van der Waals surface area contributed by atoms with Crippen molar-refractivity contribution in [2.75, 3.05) is 40.8 Å². The maximum atomic E-state index is 4.22. The van der Waals surface area contributed by atoms with Crippen molar-refractivity contribution in [1.82, 2.24) is 20.1 Å². The van der Waals surface area contributed by atoms with Crippen LogP contribution in [0.15, 0.2) is 24.5 Å². The summed E-state index contributed by atoms with van der Waals surface area (Å²) in [6.07, 6.45) is 4.92. The topological polar surface area (TPSA) is 31.4 Å². The van der Waals surface area contributed by atoms with E-state index in [-0.39, 0.29) is 0 Å². The van der Waals surface area contributed by atoms with E-state index in [0.29, 0.717) is 12.1 Å². The number of pyridine rings is 1. The third kappa shape index (κ3) is 3.28. The molecular formula is C14H24N4. The van der Waals surface area contributed by atoms with E-state index in [2.05, 4.69) is 40.3 Å². The quantitative estimate of drug-likeness (QED) is 0.860. The van der Waals surface area contributed by atoms with Gasteiger partial charge in [-0.15, -0.1) is 0 Å². The lowest BCUT2D eigenvalue weighted by Crippen LogP contribution is -2.50. The molecule has 0 saturated carbocycles. The second-order valence-electron chi connectivity index (χ2n) is 5.26. The normalized spacial score (nSPS) is 24.1. The van der Waals surface area contributed by atoms with E-state index in [1.54, 1.807) is 0 Å². The van der Waals surface area contributed by atoms with Gasteiger partial charge in [-0.25, -0.2) is 0 Å². The van der Waals surface area contributed by atoms with Crippen LogP contribution in [-0.4, -0.2) is 61.6 Å². The van der Waals surface area contributed by atoms with Crippen LogP contribution in [0.5, 0.6) is 0 Å². The van der Waals surface area contributed by atoms with E-state index in [9.17, 15) is 0 Å². The summed E-state index contributed by atoms with van der Waals surface area (Å²) < 4.78 is 0. The smallest absolute Gasteiger partial charge is 0.0348 e. The van der Waals surface area contributed by atoms with Gasteiger partial charge in [0.05, 0.1) is 0 Å². The van der Waals surface area contributed by atoms with Crippen molar-refractivity contribution in [2.45, 2.75) is 18.5 Å². The van der Waals surface area contributed by atoms with Crippen LogP contribution in [-0.2, 0) is 0 Å². The number of aromatic nitrogens is 1. The van der Waals surface area contributed by atoms with E-state index in [1.807, 2.05) is 25.5 Å². The molecule has 4 nitrogen and oxygen atoms in total. The summed E-state index contributed by atoms with van der Waals surface area (Å²) in [7, 11) is 6.47. The van der Waals surface area contributed by atoms with Gasteiger partial charge in [0, 0.05) is 44.1 Å². The van der Waals surface area contributed by atoms with Gasteiger partial charge in [-0.1, -0.05) is 6.07 Å². The summed E-state index contributed by atoms with van der Waals surface area (Å²) in [4.78, 5) is 9.11. The van der Waals surface area contributed by atoms with Gasteiger partial charge in [0.1, 0.15) is 0 Å². The molecule has 1 saturated heterocycles. The van der Waals surface area contributed by atoms with Crippen molar-refractivity contribution < 1.29 is 0 Å². The number of piperazine rings is 1. The zero-order valence-corrected chi connectivity index (χ0v) is 11.6. The number of nitrogens with one attached hydrogen (secondary N) is 1. The molecule has 4 heteroatoms. The molecule has 2 unspecified atom stereocenters. The monoisotopic (exact) mass is 248 g/mol. The number of hydrogen-bond donors (Lipinski definition) is 1. The molecule has 1 aliphatic rings. The van der Waals surface area contributed by atoms with E-state index >= 15 is 0 Å². The molecule has 2 atom stereocenters. The lowest BCUT2D eigenvalue weighted by molar-refractivity contribution is 0.102. The van der Waals surface area contributed by atoms with Gasteiger partial charge in [-0.05, 0) is 39.2 Å². The van der Waals surface area contributed by atoms with Crippen molar-refractivity contribution in [3.63, 3.8) is 0 Å². The molecule has 18 heavy (non-hydrogen) atoms. The summed E-state index contributed by atoms with van der Waals surface area (Å²) in [6.45, 7) is 3.48. The molecule has 1 N–H and O–H groups in total. The van der Waals surface area contributed by atoms with Gasteiger partial charge in [0.25, 0.3) is 0 Å². The Morgan fingerprint density at radius 3 is 2.94 bits per heavy atom. The fraction of sp³-hybridized carbons (Fsp3) is 0.643. The highest BCUT2D eigenvalue weighted by molar-refractivity contribution is 5.14. The van der Waals surface area contributed by atoms with Crippen molar-refractivity contribution in [1.29, 1.82) is 0 Å². The number of nitrogens with zero attached hydrogens (tertiary/aromatic N) is 3. The summed E-state index contributed by atoms with van der Waals surface area (Å²) >= 11 is 0. The van der Waals surface area contributed by atoms with Gasteiger partial charge in [0.15, 0.2) is 0 Å². The van der Waals surface area contributed by atoms with Crippen molar-refractivity contribution in [2.24, 2.45) is 0 Å². The SMILES string of the molecule is CNC(CC1CN(C)CCN1C)c1cccnc1. The number of rotatable bonds is 4. The molecule has 1 aromatic heterocycles. The van der Waals surface area contributed by atoms with Crippen LogP contribution < -0.4 is 5.32 Å². The molecule has 0 spiro atoms. The van der Waals surface area contributed by atoms with E-state index in [0.717, 1.165) is 19.5 Å². The molecule has 0 aromatic carbocycles. The molecule has 1 aromatic rings. The summed E-state index contributed by atoms with van der Waals surface area (Å²) in [6, 6.07) is 5.16. The summed E-state index contributed by atoms with van der Waals surface area (Å²) in [5, 5.41) is 3.42. The third-order valence-electron chi connectivity index (χ3n) is 3.92. The van der Waals surface area contributed by atoms with Crippen molar-refractivity contribution in [3.05, 3.63) is 30.1 Å². The minimum absolute atomic E-state index is 0.387. The van der Waals surface area contributed by atoms with E-state index < -0.39 is 0 Å². The van der Waals surface area contributed by atoms with Crippen LogP contribution >= 0.6 is 0 Å². The molecule has 0 bridgehead atoms. The second kappa shape index (κ2) is 6.27. The van der Waals surface area contributed by atoms with Gasteiger partial charge in [-0.2, -0.15) is 0 Å². The largest absolute Gasteiger partial charge is 0.313 e. The zero-order valence-electron chi connectivity index (χ0n) is 11.6. The Balaban J connectivity index is 2.01.